The molecule has 0 bridgehead atoms. The molecule has 2 fully saturated rings. The second kappa shape index (κ2) is 16.9. The minimum absolute atomic E-state index is 0.00656. The lowest BCUT2D eigenvalue weighted by atomic mass is 10.1. The van der Waals surface area contributed by atoms with E-state index in [2.05, 4.69) is 40.8 Å². The largest absolute Gasteiger partial charge is 0.461 e. The molecule has 5 atom stereocenters. The van der Waals surface area contributed by atoms with E-state index in [0.29, 0.717) is 10.8 Å². The summed E-state index contributed by atoms with van der Waals surface area (Å²) in [6.07, 6.45) is 12.3. The Morgan fingerprint density at radius 1 is 1.19 bits per heavy atom. The molecule has 236 valence electrons. The zero-order valence-corrected chi connectivity index (χ0v) is 28.0. The molecule has 1 aromatic carbocycles. The molecule has 1 aliphatic heterocycles. The van der Waals surface area contributed by atoms with Crippen LogP contribution < -0.4 is 9.61 Å². The number of hydrogen-bond donors (Lipinski definition) is 1. The van der Waals surface area contributed by atoms with Crippen LogP contribution in [0.25, 0.3) is 11.2 Å². The summed E-state index contributed by atoms with van der Waals surface area (Å²) in [6.45, 7) is 8.55. The van der Waals surface area contributed by atoms with E-state index >= 15 is 0 Å². The number of carbonyl (C=O) groups excluding carboxylic acids is 1. The van der Waals surface area contributed by atoms with Gasteiger partial charge in [0.25, 0.3) is 0 Å². The van der Waals surface area contributed by atoms with E-state index in [1.54, 1.807) is 43.8 Å². The first-order chi connectivity index (χ1) is 20.8. The average Bonchev–Trinajstić information content (AvgIpc) is 3.77. The van der Waals surface area contributed by atoms with E-state index in [0.717, 1.165) is 48.3 Å². The van der Waals surface area contributed by atoms with Gasteiger partial charge >= 0.3 is 14.5 Å². The lowest BCUT2D eigenvalue weighted by Gasteiger charge is -2.24. The van der Waals surface area contributed by atoms with Crippen molar-refractivity contribution in [3.8, 4) is 5.75 Å². The number of aromatic nitrogens is 4. The van der Waals surface area contributed by atoms with Gasteiger partial charge in [0.15, 0.2) is 5.65 Å². The number of rotatable bonds is 12. The maximum Gasteiger partial charge on any atom is 0.323 e. The van der Waals surface area contributed by atoms with Crippen LogP contribution in [0.4, 0.5) is 0 Å². The number of carbonyl (C=O) groups is 1. The Bertz CT molecular complexity index is 1290. The highest BCUT2D eigenvalue weighted by Gasteiger charge is 2.36. The van der Waals surface area contributed by atoms with E-state index in [9.17, 15) is 4.79 Å². The van der Waals surface area contributed by atoms with Crippen LogP contribution in [0, 0.1) is 5.92 Å². The molecular formula is C30H43ClN5O5PS. The Morgan fingerprint density at radius 3 is 2.58 bits per heavy atom. The molecule has 3 aromatic rings. The fourth-order valence-electron chi connectivity index (χ4n) is 4.85. The Kier molecular flexibility index (Phi) is 13.3. The molecule has 1 saturated carbocycles. The molecule has 0 spiro atoms. The van der Waals surface area contributed by atoms with Gasteiger partial charge in [-0.05, 0) is 69.5 Å². The zero-order valence-electron chi connectivity index (χ0n) is 25.6. The van der Waals surface area contributed by atoms with Crippen LogP contribution in [0.15, 0.2) is 41.9 Å². The van der Waals surface area contributed by atoms with Gasteiger partial charge < -0.3 is 18.5 Å². The van der Waals surface area contributed by atoms with Crippen LogP contribution >= 0.6 is 31.9 Å². The highest BCUT2D eigenvalue weighted by atomic mass is 35.5. The summed E-state index contributed by atoms with van der Waals surface area (Å²) < 4.78 is 26.4. The van der Waals surface area contributed by atoms with E-state index in [-0.39, 0.29) is 36.9 Å². The van der Waals surface area contributed by atoms with Crippen molar-refractivity contribution in [1.82, 2.24) is 24.6 Å². The second-order valence-corrected chi connectivity index (χ2v) is 13.3. The molecule has 1 aliphatic carbocycles. The van der Waals surface area contributed by atoms with Crippen LogP contribution in [0.2, 0.25) is 5.02 Å². The SMILES string of the molecule is CCCC.CSc1ncnc2c1ncn2C1OC(COP(NC(C)C(=O)OC2CCCC2)Oc2ccc(Cl)cc2)CC1C. The predicted molar refractivity (Wildman–Crippen MR) is 171 cm³/mol. The monoisotopic (exact) mass is 651 g/mol. The highest BCUT2D eigenvalue weighted by Crippen LogP contribution is 2.41. The fourth-order valence-corrected chi connectivity index (χ4v) is 6.68. The van der Waals surface area contributed by atoms with Crippen molar-refractivity contribution in [1.29, 1.82) is 0 Å². The Labute approximate surface area is 264 Å². The Balaban J connectivity index is 0.000000996. The maximum atomic E-state index is 12.7. The van der Waals surface area contributed by atoms with E-state index in [4.69, 9.17) is 30.1 Å². The zero-order chi connectivity index (χ0) is 30.8. The molecule has 13 heteroatoms. The number of thioether (sulfide) groups is 1. The molecule has 1 saturated heterocycles. The minimum Gasteiger partial charge on any atom is -0.461 e. The molecular weight excluding hydrogens is 609 g/mol. The number of imidazole rings is 1. The molecule has 5 rings (SSSR count). The summed E-state index contributed by atoms with van der Waals surface area (Å²) in [5, 5.41) is 4.63. The van der Waals surface area contributed by atoms with Crippen molar-refractivity contribution < 1.29 is 23.3 Å². The van der Waals surface area contributed by atoms with Gasteiger partial charge in [-0.15, -0.1) is 11.8 Å². The predicted octanol–water partition coefficient (Wildman–Crippen LogP) is 7.72. The van der Waals surface area contributed by atoms with Crippen LogP contribution in [-0.4, -0.2) is 56.6 Å². The molecule has 43 heavy (non-hydrogen) atoms. The van der Waals surface area contributed by atoms with Gasteiger partial charge in [0.05, 0.1) is 19.0 Å². The van der Waals surface area contributed by atoms with Crippen molar-refractivity contribution in [2.24, 2.45) is 5.92 Å². The normalized spacial score (nSPS) is 21.8. The molecule has 2 aliphatic rings. The topological polar surface area (TPSA) is 110 Å². The summed E-state index contributed by atoms with van der Waals surface area (Å²) in [7, 11) is -1.68. The van der Waals surface area contributed by atoms with Gasteiger partial charge in [-0.1, -0.05) is 45.2 Å². The number of nitrogens with zero attached hydrogens (tertiary/aromatic N) is 4. The summed E-state index contributed by atoms with van der Waals surface area (Å²) in [5.74, 6) is 0.490. The number of benzene rings is 1. The molecule has 10 nitrogen and oxygen atoms in total. The number of unbranched alkanes of at least 4 members (excludes halogenated alkanes) is 1. The summed E-state index contributed by atoms with van der Waals surface area (Å²) in [6, 6.07) is 6.43. The van der Waals surface area contributed by atoms with Gasteiger partial charge in [0, 0.05) is 10.9 Å². The Hall–Kier alpha value is -2.01. The van der Waals surface area contributed by atoms with Crippen molar-refractivity contribution in [3.05, 3.63) is 41.9 Å². The third-order valence-electron chi connectivity index (χ3n) is 7.36. The maximum absolute atomic E-state index is 12.7. The lowest BCUT2D eigenvalue weighted by Crippen LogP contribution is -2.35. The molecule has 3 heterocycles. The van der Waals surface area contributed by atoms with Gasteiger partial charge in [-0.25, -0.2) is 20.0 Å². The van der Waals surface area contributed by atoms with Crippen LogP contribution in [-0.2, 0) is 18.8 Å². The quantitative estimate of drug-likeness (QED) is 0.0904. The van der Waals surface area contributed by atoms with Gasteiger partial charge in [-0.3, -0.25) is 9.36 Å². The van der Waals surface area contributed by atoms with E-state index in [1.165, 1.54) is 24.6 Å². The minimum atomic E-state index is -1.68. The van der Waals surface area contributed by atoms with Gasteiger partial charge in [0.2, 0.25) is 0 Å². The number of hydrogen-bond acceptors (Lipinski definition) is 10. The molecule has 1 N–H and O–H groups in total. The molecule has 2 aromatic heterocycles. The fraction of sp³-hybridized carbons (Fsp3) is 0.600. The number of fused-ring (bicyclic) bond motifs is 1. The first kappa shape index (κ1) is 33.9. The number of ether oxygens (including phenoxy) is 2. The number of halogens is 1. The van der Waals surface area contributed by atoms with Crippen LogP contribution in [0.1, 0.15) is 78.9 Å². The van der Waals surface area contributed by atoms with Gasteiger partial charge in [0.1, 0.15) is 41.0 Å². The van der Waals surface area contributed by atoms with E-state index < -0.39 is 14.6 Å². The Morgan fingerprint density at radius 2 is 1.91 bits per heavy atom. The second-order valence-electron chi connectivity index (χ2n) is 10.9. The third-order valence-corrected chi connectivity index (χ3v) is 9.66. The molecule has 5 unspecified atom stereocenters. The first-order valence-electron chi connectivity index (χ1n) is 15.0. The smallest absolute Gasteiger partial charge is 0.323 e. The molecule has 0 radical (unpaired) electrons. The summed E-state index contributed by atoms with van der Waals surface area (Å²) in [4.78, 5) is 26.0. The van der Waals surface area contributed by atoms with Crippen LogP contribution in [0.5, 0.6) is 5.75 Å². The first-order valence-corrected chi connectivity index (χ1v) is 17.8. The van der Waals surface area contributed by atoms with Crippen molar-refractivity contribution >= 4 is 49.0 Å². The molecule has 0 amide bonds. The lowest BCUT2D eigenvalue weighted by molar-refractivity contribution is -0.150. The average molecular weight is 652 g/mol. The van der Waals surface area contributed by atoms with Gasteiger partial charge in [-0.2, -0.15) is 0 Å². The number of esters is 1. The highest BCUT2D eigenvalue weighted by molar-refractivity contribution is 7.98. The number of nitrogens with one attached hydrogen (secondary N) is 1. The standard InChI is InChI=1S/C26H33ClN5O5PS.C4H10/c1-16-12-21(35-25(16)32-15-30-22-23(32)28-14-29-24(22)39-3)13-34-38(37-20-10-8-18(27)9-11-20)31-17(2)26(33)36-19-6-4-5-7-19;1-3-4-2/h8-11,14-17,19,21,25,31H,4-7,12-13H2,1-3H3;3-4H2,1-2H3. The van der Waals surface area contributed by atoms with Crippen molar-refractivity contribution in [3.63, 3.8) is 0 Å². The summed E-state index contributed by atoms with van der Waals surface area (Å²) in [5.41, 5.74) is 1.51. The third kappa shape index (κ3) is 9.49. The van der Waals surface area contributed by atoms with Crippen molar-refractivity contribution in [2.75, 3.05) is 12.9 Å². The van der Waals surface area contributed by atoms with E-state index in [1.807, 2.05) is 10.8 Å². The van der Waals surface area contributed by atoms with Crippen LogP contribution in [0.3, 0.4) is 0 Å². The van der Waals surface area contributed by atoms with Crippen molar-refractivity contribution in [2.45, 2.75) is 102 Å². The summed E-state index contributed by atoms with van der Waals surface area (Å²) >= 11 is 7.57.